The first-order valence-electron chi connectivity index (χ1n) is 8.81. The monoisotopic (exact) mass is 407 g/mol. The molecule has 0 bridgehead atoms. The van der Waals surface area contributed by atoms with E-state index in [4.69, 9.17) is 10.3 Å². The van der Waals surface area contributed by atoms with Crippen LogP contribution in [0, 0.1) is 18.6 Å². The molecule has 0 spiro atoms. The number of nitrogens with two attached hydrogens (primary N) is 1. The van der Waals surface area contributed by atoms with Crippen molar-refractivity contribution in [3.63, 3.8) is 0 Å². The van der Waals surface area contributed by atoms with Gasteiger partial charge in [-0.05, 0) is 19.1 Å². The maximum atomic E-state index is 13.5. The van der Waals surface area contributed by atoms with Gasteiger partial charge in [-0.2, -0.15) is 0 Å². The number of halogens is 2. The summed E-state index contributed by atoms with van der Waals surface area (Å²) in [5, 5.41) is 6.18. The van der Waals surface area contributed by atoms with Crippen molar-refractivity contribution < 1.29 is 27.7 Å². The standard InChI is InChI=1S/C18H19F2N5O4/c1-10-6-14(23-29-10)18(28)25-5-4-24(16(25)15(26)22-3-2-21)17(27)11-7-12(19)9-13(20)8-11/h6-9,16H,2-5,21H2,1H3,(H,22,26). The zero-order chi connectivity index (χ0) is 21.1. The summed E-state index contributed by atoms with van der Waals surface area (Å²) in [5.41, 5.74) is 5.11. The lowest BCUT2D eigenvalue weighted by molar-refractivity contribution is -0.128. The molecule has 1 aromatic heterocycles. The van der Waals surface area contributed by atoms with Gasteiger partial charge >= 0.3 is 0 Å². The maximum absolute atomic E-state index is 13.5. The van der Waals surface area contributed by atoms with Gasteiger partial charge in [0.25, 0.3) is 17.7 Å². The number of aryl methyl sites for hydroxylation is 1. The molecule has 1 aliphatic heterocycles. The molecule has 9 nitrogen and oxygen atoms in total. The normalized spacial score (nSPS) is 16.2. The number of rotatable bonds is 5. The number of hydrogen-bond donors (Lipinski definition) is 2. The van der Waals surface area contributed by atoms with Gasteiger partial charge in [0.2, 0.25) is 0 Å². The third-order valence-corrected chi connectivity index (χ3v) is 4.33. The quantitative estimate of drug-likeness (QED) is 0.733. The molecule has 1 atom stereocenters. The Morgan fingerprint density at radius 1 is 1.14 bits per heavy atom. The Morgan fingerprint density at radius 3 is 2.31 bits per heavy atom. The van der Waals surface area contributed by atoms with Gasteiger partial charge in [0, 0.05) is 43.9 Å². The number of amides is 3. The van der Waals surface area contributed by atoms with E-state index in [0.717, 1.165) is 21.9 Å². The Bertz CT molecular complexity index is 928. The summed E-state index contributed by atoms with van der Waals surface area (Å²) in [7, 11) is 0. The lowest BCUT2D eigenvalue weighted by Crippen LogP contribution is -2.54. The first-order chi connectivity index (χ1) is 13.8. The van der Waals surface area contributed by atoms with Crippen LogP contribution < -0.4 is 11.1 Å². The third kappa shape index (κ3) is 4.24. The number of carbonyl (C=O) groups excluding carboxylic acids is 3. The Morgan fingerprint density at radius 2 is 1.76 bits per heavy atom. The Labute approximate surface area is 164 Å². The molecule has 2 heterocycles. The molecule has 1 aliphatic rings. The van der Waals surface area contributed by atoms with E-state index in [0.29, 0.717) is 11.8 Å². The second-order valence-corrected chi connectivity index (χ2v) is 6.43. The molecule has 0 saturated carbocycles. The van der Waals surface area contributed by atoms with Crippen molar-refractivity contribution in [1.82, 2.24) is 20.3 Å². The van der Waals surface area contributed by atoms with Crippen LogP contribution in [0.25, 0.3) is 0 Å². The highest BCUT2D eigenvalue weighted by molar-refractivity contribution is 6.01. The fourth-order valence-electron chi connectivity index (χ4n) is 3.08. The predicted octanol–water partition coefficient (Wildman–Crippen LogP) is 0.260. The largest absolute Gasteiger partial charge is 0.361 e. The second-order valence-electron chi connectivity index (χ2n) is 6.43. The van der Waals surface area contributed by atoms with Gasteiger partial charge in [-0.15, -0.1) is 0 Å². The van der Waals surface area contributed by atoms with E-state index < -0.39 is 35.5 Å². The molecule has 3 N–H and O–H groups in total. The van der Waals surface area contributed by atoms with Crippen LogP contribution in [0.3, 0.4) is 0 Å². The molecule has 3 amide bonds. The number of carbonyl (C=O) groups is 3. The minimum absolute atomic E-state index is 0.0136. The van der Waals surface area contributed by atoms with Crippen LogP contribution in [0.15, 0.2) is 28.8 Å². The van der Waals surface area contributed by atoms with E-state index in [1.165, 1.54) is 6.07 Å². The lowest BCUT2D eigenvalue weighted by atomic mass is 10.1. The van der Waals surface area contributed by atoms with Gasteiger partial charge in [0.1, 0.15) is 17.4 Å². The molecular weight excluding hydrogens is 388 g/mol. The molecule has 1 fully saturated rings. The first kappa shape index (κ1) is 20.4. The van der Waals surface area contributed by atoms with Crippen molar-refractivity contribution in [2.45, 2.75) is 13.1 Å². The molecule has 0 aliphatic carbocycles. The molecule has 0 radical (unpaired) electrons. The topological polar surface area (TPSA) is 122 Å². The van der Waals surface area contributed by atoms with Crippen LogP contribution in [0.2, 0.25) is 0 Å². The Hall–Kier alpha value is -3.34. The Balaban J connectivity index is 1.92. The van der Waals surface area contributed by atoms with E-state index in [9.17, 15) is 23.2 Å². The average molecular weight is 407 g/mol. The molecule has 2 aromatic rings. The van der Waals surface area contributed by atoms with Crippen LogP contribution in [0.1, 0.15) is 26.6 Å². The molecule has 3 rings (SSSR count). The zero-order valence-corrected chi connectivity index (χ0v) is 15.5. The minimum atomic E-state index is -1.33. The van der Waals surface area contributed by atoms with E-state index in [-0.39, 0.29) is 37.4 Å². The summed E-state index contributed by atoms with van der Waals surface area (Å²) < 4.78 is 32.0. The summed E-state index contributed by atoms with van der Waals surface area (Å²) in [6, 6.07) is 3.77. The SMILES string of the molecule is Cc1cc(C(=O)N2CCN(C(=O)c3cc(F)cc(F)c3)C2C(=O)NCCN)no1. The molecule has 29 heavy (non-hydrogen) atoms. The fraction of sp³-hybridized carbons (Fsp3) is 0.333. The predicted molar refractivity (Wildman–Crippen MR) is 95.5 cm³/mol. The van der Waals surface area contributed by atoms with Gasteiger partial charge < -0.3 is 25.4 Å². The van der Waals surface area contributed by atoms with Gasteiger partial charge in [0.05, 0.1) is 0 Å². The van der Waals surface area contributed by atoms with Crippen molar-refractivity contribution >= 4 is 17.7 Å². The average Bonchev–Trinajstić information content (AvgIpc) is 3.30. The van der Waals surface area contributed by atoms with Crippen molar-refractivity contribution in [2.24, 2.45) is 5.73 Å². The van der Waals surface area contributed by atoms with Crippen LogP contribution in [0.4, 0.5) is 8.78 Å². The van der Waals surface area contributed by atoms with E-state index in [2.05, 4.69) is 10.5 Å². The van der Waals surface area contributed by atoms with E-state index in [1.807, 2.05) is 0 Å². The summed E-state index contributed by atoms with van der Waals surface area (Å²) in [4.78, 5) is 40.6. The van der Waals surface area contributed by atoms with Crippen LogP contribution in [0.5, 0.6) is 0 Å². The van der Waals surface area contributed by atoms with Crippen LogP contribution in [-0.2, 0) is 4.79 Å². The molecule has 1 unspecified atom stereocenters. The molecule has 11 heteroatoms. The van der Waals surface area contributed by atoms with Crippen molar-refractivity contribution in [1.29, 1.82) is 0 Å². The Kier molecular flexibility index (Phi) is 5.87. The summed E-state index contributed by atoms with van der Waals surface area (Å²) >= 11 is 0. The summed E-state index contributed by atoms with van der Waals surface area (Å²) in [6.07, 6.45) is -1.33. The minimum Gasteiger partial charge on any atom is -0.361 e. The van der Waals surface area contributed by atoms with Crippen LogP contribution >= 0.6 is 0 Å². The van der Waals surface area contributed by atoms with Gasteiger partial charge in [-0.3, -0.25) is 14.4 Å². The zero-order valence-electron chi connectivity index (χ0n) is 15.5. The summed E-state index contributed by atoms with van der Waals surface area (Å²) in [5.74, 6) is -3.50. The highest BCUT2D eigenvalue weighted by Crippen LogP contribution is 2.22. The van der Waals surface area contributed by atoms with Crippen molar-refractivity contribution in [3.8, 4) is 0 Å². The van der Waals surface area contributed by atoms with Gasteiger partial charge in [-0.25, -0.2) is 8.78 Å². The fourth-order valence-corrected chi connectivity index (χ4v) is 3.08. The highest BCUT2D eigenvalue weighted by Gasteiger charge is 2.43. The maximum Gasteiger partial charge on any atom is 0.278 e. The van der Waals surface area contributed by atoms with E-state index >= 15 is 0 Å². The number of nitrogens with one attached hydrogen (secondary N) is 1. The summed E-state index contributed by atoms with van der Waals surface area (Å²) in [6.45, 7) is 1.89. The third-order valence-electron chi connectivity index (χ3n) is 4.33. The van der Waals surface area contributed by atoms with Crippen LogP contribution in [-0.4, -0.2) is 65.0 Å². The van der Waals surface area contributed by atoms with E-state index in [1.54, 1.807) is 6.92 Å². The molecule has 1 aromatic carbocycles. The number of hydrogen-bond acceptors (Lipinski definition) is 6. The van der Waals surface area contributed by atoms with Gasteiger partial charge in [0.15, 0.2) is 11.9 Å². The molecular formula is C18H19F2N5O4. The van der Waals surface area contributed by atoms with Crippen molar-refractivity contribution in [2.75, 3.05) is 26.2 Å². The van der Waals surface area contributed by atoms with Crippen molar-refractivity contribution in [3.05, 3.63) is 52.9 Å². The smallest absolute Gasteiger partial charge is 0.278 e. The van der Waals surface area contributed by atoms with Gasteiger partial charge in [-0.1, -0.05) is 5.16 Å². The number of aromatic nitrogens is 1. The number of benzene rings is 1. The lowest BCUT2D eigenvalue weighted by Gasteiger charge is -2.28. The first-order valence-corrected chi connectivity index (χ1v) is 8.81. The second kappa shape index (κ2) is 8.35. The molecule has 154 valence electrons. The number of nitrogens with zero attached hydrogens (tertiary/aromatic N) is 3. The highest BCUT2D eigenvalue weighted by atomic mass is 19.1. The molecule has 1 saturated heterocycles.